The molecule has 0 unspecified atom stereocenters. The molecule has 6 nitrogen and oxygen atoms in total. The molecule has 0 atom stereocenters. The molecular formula is C14H19FN2O4. The van der Waals surface area contributed by atoms with Gasteiger partial charge in [-0.25, -0.2) is 9.18 Å². The highest BCUT2D eigenvalue weighted by Crippen LogP contribution is 2.31. The predicted molar refractivity (Wildman–Crippen MR) is 77.1 cm³/mol. The molecule has 0 saturated carbocycles. The average molecular weight is 298 g/mol. The van der Waals surface area contributed by atoms with E-state index in [-0.39, 0.29) is 11.1 Å². The monoisotopic (exact) mass is 298 g/mol. The first-order valence-corrected chi connectivity index (χ1v) is 6.51. The van der Waals surface area contributed by atoms with Crippen molar-refractivity contribution in [3.05, 3.63) is 33.6 Å². The van der Waals surface area contributed by atoms with Gasteiger partial charge in [-0.1, -0.05) is 27.7 Å². The van der Waals surface area contributed by atoms with Gasteiger partial charge in [-0.3, -0.25) is 10.1 Å². The van der Waals surface area contributed by atoms with Gasteiger partial charge in [-0.05, 0) is 17.4 Å². The fourth-order valence-corrected chi connectivity index (χ4v) is 1.55. The average Bonchev–Trinajstić information content (AvgIpc) is 2.36. The molecule has 0 amide bonds. The summed E-state index contributed by atoms with van der Waals surface area (Å²) in [6, 6.07) is 1.60. The van der Waals surface area contributed by atoms with E-state index < -0.39 is 28.0 Å². The number of benzene rings is 1. The predicted octanol–water partition coefficient (Wildman–Crippen LogP) is 3.53. The maximum absolute atomic E-state index is 13.5. The van der Waals surface area contributed by atoms with Crippen LogP contribution < -0.4 is 5.32 Å². The van der Waals surface area contributed by atoms with Gasteiger partial charge < -0.3 is 10.4 Å². The zero-order chi connectivity index (χ0) is 16.4. The van der Waals surface area contributed by atoms with Crippen LogP contribution in [0.3, 0.4) is 0 Å². The number of nitrogens with zero attached hydrogens (tertiary/aromatic N) is 1. The van der Waals surface area contributed by atoms with Crippen LogP contribution in [0.25, 0.3) is 0 Å². The largest absolute Gasteiger partial charge is 0.478 e. The van der Waals surface area contributed by atoms with Gasteiger partial charge >= 0.3 is 5.97 Å². The van der Waals surface area contributed by atoms with Crippen LogP contribution in [0.4, 0.5) is 15.8 Å². The molecule has 7 heteroatoms. The minimum absolute atomic E-state index is 0.00697. The summed E-state index contributed by atoms with van der Waals surface area (Å²) in [7, 11) is 0. The second kappa shape index (κ2) is 6.07. The van der Waals surface area contributed by atoms with Crippen LogP contribution in [-0.4, -0.2) is 22.5 Å². The summed E-state index contributed by atoms with van der Waals surface area (Å²) in [6.45, 7) is 8.40. The van der Waals surface area contributed by atoms with Crippen molar-refractivity contribution in [2.75, 3.05) is 11.9 Å². The first-order valence-electron chi connectivity index (χ1n) is 6.51. The van der Waals surface area contributed by atoms with Crippen molar-refractivity contribution < 1.29 is 19.2 Å². The SMILES string of the molecule is CC(C)C(C)(C)CNc1cc(C(=O)O)c(F)cc1[N+](=O)[O-]. The molecule has 1 rings (SSSR count). The Kier molecular flexibility index (Phi) is 4.88. The van der Waals surface area contributed by atoms with Gasteiger partial charge in [0.05, 0.1) is 16.6 Å². The molecule has 21 heavy (non-hydrogen) atoms. The van der Waals surface area contributed by atoms with E-state index in [1.165, 1.54) is 0 Å². The summed E-state index contributed by atoms with van der Waals surface area (Å²) in [5, 5.41) is 22.7. The Morgan fingerprint density at radius 1 is 1.48 bits per heavy atom. The Labute approximate surface area is 122 Å². The molecule has 0 fully saturated rings. The smallest absolute Gasteiger partial charge is 0.338 e. The van der Waals surface area contributed by atoms with Crippen LogP contribution >= 0.6 is 0 Å². The quantitative estimate of drug-likeness (QED) is 0.619. The molecule has 0 saturated heterocycles. The molecule has 1 aromatic carbocycles. The topological polar surface area (TPSA) is 92.5 Å². The van der Waals surface area contributed by atoms with Crippen LogP contribution in [0.15, 0.2) is 12.1 Å². The lowest BCUT2D eigenvalue weighted by molar-refractivity contribution is -0.384. The molecule has 2 N–H and O–H groups in total. The zero-order valence-corrected chi connectivity index (χ0v) is 12.4. The highest BCUT2D eigenvalue weighted by molar-refractivity contribution is 5.90. The lowest BCUT2D eigenvalue weighted by Crippen LogP contribution is -2.28. The van der Waals surface area contributed by atoms with Gasteiger partial charge in [0.15, 0.2) is 0 Å². The Balaban J connectivity index is 3.18. The lowest BCUT2D eigenvalue weighted by atomic mass is 9.81. The van der Waals surface area contributed by atoms with Crippen molar-refractivity contribution in [1.29, 1.82) is 0 Å². The first-order chi connectivity index (χ1) is 9.56. The third-order valence-electron chi connectivity index (χ3n) is 3.81. The second-order valence-electron chi connectivity index (χ2n) is 5.91. The van der Waals surface area contributed by atoms with Crippen molar-refractivity contribution in [2.24, 2.45) is 11.3 Å². The number of halogens is 1. The van der Waals surface area contributed by atoms with Crippen molar-refractivity contribution in [3.8, 4) is 0 Å². The van der Waals surface area contributed by atoms with Gasteiger partial charge in [0.2, 0.25) is 0 Å². The molecule has 0 aliphatic heterocycles. The fourth-order valence-electron chi connectivity index (χ4n) is 1.55. The molecule has 0 aliphatic carbocycles. The van der Waals surface area contributed by atoms with Crippen molar-refractivity contribution in [3.63, 3.8) is 0 Å². The van der Waals surface area contributed by atoms with Crippen LogP contribution in [0.2, 0.25) is 0 Å². The number of nitro groups is 1. The number of carboxylic acids is 1. The Hall–Kier alpha value is -2.18. The highest BCUT2D eigenvalue weighted by Gasteiger charge is 2.26. The molecule has 116 valence electrons. The molecule has 1 aromatic rings. The van der Waals surface area contributed by atoms with Gasteiger partial charge in [-0.15, -0.1) is 0 Å². The van der Waals surface area contributed by atoms with Crippen LogP contribution in [-0.2, 0) is 0 Å². The van der Waals surface area contributed by atoms with E-state index in [0.29, 0.717) is 18.5 Å². The third-order valence-corrected chi connectivity index (χ3v) is 3.81. The van der Waals surface area contributed by atoms with E-state index in [9.17, 15) is 19.3 Å². The Bertz CT molecular complexity index is 570. The number of nitro benzene ring substituents is 1. The van der Waals surface area contributed by atoms with Crippen molar-refractivity contribution in [2.45, 2.75) is 27.7 Å². The first kappa shape index (κ1) is 16.9. The molecule has 0 bridgehead atoms. The summed E-state index contributed by atoms with van der Waals surface area (Å²) in [4.78, 5) is 21.2. The molecule has 0 aromatic heterocycles. The number of carboxylic acid groups (broad SMARTS) is 1. The number of hydrogen-bond donors (Lipinski definition) is 2. The number of carbonyl (C=O) groups is 1. The minimum atomic E-state index is -1.46. The number of aromatic carboxylic acids is 1. The second-order valence-corrected chi connectivity index (χ2v) is 5.91. The third kappa shape index (κ3) is 3.90. The minimum Gasteiger partial charge on any atom is -0.478 e. The molecule has 0 radical (unpaired) electrons. The van der Waals surface area contributed by atoms with Gasteiger partial charge in [-0.2, -0.15) is 0 Å². The van der Waals surface area contributed by atoms with E-state index in [2.05, 4.69) is 5.32 Å². The summed E-state index contributed by atoms with van der Waals surface area (Å²) >= 11 is 0. The van der Waals surface area contributed by atoms with E-state index in [1.807, 2.05) is 27.7 Å². The number of rotatable bonds is 6. The molecule has 0 heterocycles. The van der Waals surface area contributed by atoms with E-state index >= 15 is 0 Å². The van der Waals surface area contributed by atoms with Crippen LogP contribution in [0, 0.1) is 27.3 Å². The summed E-state index contributed by atoms with van der Waals surface area (Å²) in [5.41, 5.74) is -1.22. The van der Waals surface area contributed by atoms with E-state index in [1.54, 1.807) is 0 Å². The van der Waals surface area contributed by atoms with Crippen LogP contribution in [0.5, 0.6) is 0 Å². The standard InChI is InChI=1S/C14H19FN2O4/c1-8(2)14(3,4)7-16-11-5-9(13(18)19)10(15)6-12(11)17(20)21/h5-6,8,16H,7H2,1-4H3,(H,18,19). The Morgan fingerprint density at radius 3 is 2.48 bits per heavy atom. The summed E-state index contributed by atoms with van der Waals surface area (Å²) in [5.74, 6) is -2.28. The van der Waals surface area contributed by atoms with Crippen LogP contribution in [0.1, 0.15) is 38.1 Å². The number of nitrogens with one attached hydrogen (secondary N) is 1. The molecule has 0 aliphatic rings. The van der Waals surface area contributed by atoms with Crippen molar-refractivity contribution in [1.82, 2.24) is 0 Å². The normalized spacial score (nSPS) is 11.5. The maximum Gasteiger partial charge on any atom is 0.338 e. The molecular weight excluding hydrogens is 279 g/mol. The highest BCUT2D eigenvalue weighted by atomic mass is 19.1. The molecule has 0 spiro atoms. The maximum atomic E-state index is 13.5. The number of hydrogen-bond acceptors (Lipinski definition) is 4. The number of anilines is 1. The summed E-state index contributed by atoms with van der Waals surface area (Å²) < 4.78 is 13.5. The van der Waals surface area contributed by atoms with E-state index in [0.717, 1.165) is 6.07 Å². The van der Waals surface area contributed by atoms with Gasteiger partial charge in [0.25, 0.3) is 5.69 Å². The van der Waals surface area contributed by atoms with Gasteiger partial charge in [0.1, 0.15) is 11.5 Å². The van der Waals surface area contributed by atoms with Crippen molar-refractivity contribution >= 4 is 17.3 Å². The summed E-state index contributed by atoms with van der Waals surface area (Å²) in [6.07, 6.45) is 0. The van der Waals surface area contributed by atoms with Gasteiger partial charge in [0, 0.05) is 6.54 Å². The fraction of sp³-hybridized carbons (Fsp3) is 0.500. The lowest BCUT2D eigenvalue weighted by Gasteiger charge is -2.29. The van der Waals surface area contributed by atoms with E-state index in [4.69, 9.17) is 5.11 Å². The zero-order valence-electron chi connectivity index (χ0n) is 12.4. The Morgan fingerprint density at radius 2 is 2.05 bits per heavy atom.